The van der Waals surface area contributed by atoms with Crippen LogP contribution in [0.4, 0.5) is 0 Å². The molecule has 1 aliphatic rings. The van der Waals surface area contributed by atoms with Gasteiger partial charge in [-0.25, -0.2) is 0 Å². The van der Waals surface area contributed by atoms with Gasteiger partial charge in [0.05, 0.1) is 25.1 Å². The minimum atomic E-state index is -1.18. The second-order valence-electron chi connectivity index (χ2n) is 10.4. The molecule has 10 nitrogen and oxygen atoms in total. The zero-order valence-electron chi connectivity index (χ0n) is 23.9. The lowest BCUT2D eigenvalue weighted by molar-refractivity contribution is -0.136. The highest BCUT2D eigenvalue weighted by Gasteiger charge is 2.30. The average molecular weight is 553 g/mol. The largest absolute Gasteiger partial charge is 0.491 e. The van der Waals surface area contributed by atoms with E-state index in [1.807, 2.05) is 45.9 Å². The third-order valence-electron chi connectivity index (χ3n) is 6.76. The van der Waals surface area contributed by atoms with E-state index in [2.05, 4.69) is 16.0 Å². The minimum absolute atomic E-state index is 0.139. The quantitative estimate of drug-likeness (QED) is 0.453. The third kappa shape index (κ3) is 8.46. The van der Waals surface area contributed by atoms with Gasteiger partial charge >= 0.3 is 0 Å². The predicted molar refractivity (Wildman–Crippen MR) is 151 cm³/mol. The molecule has 3 N–H and O–H groups in total. The SMILES string of the molecule is Cc1cccc(OCCNC(=O)[C@@H]2CC(=O)N[C@@H](CC(C)C)C(=O)N(C)CCOc3ccccc3C(=O)N2)c1C. The first kappa shape index (κ1) is 30.5. The maximum Gasteiger partial charge on any atom is 0.255 e. The molecule has 2 atom stereocenters. The summed E-state index contributed by atoms with van der Waals surface area (Å²) in [6.45, 7) is 8.67. The molecule has 0 unspecified atom stereocenters. The summed E-state index contributed by atoms with van der Waals surface area (Å²) < 4.78 is 11.6. The monoisotopic (exact) mass is 552 g/mol. The second kappa shape index (κ2) is 14.3. The van der Waals surface area contributed by atoms with Crippen molar-refractivity contribution in [2.75, 3.05) is 33.4 Å². The van der Waals surface area contributed by atoms with E-state index in [0.29, 0.717) is 12.2 Å². The number of rotatable bonds is 7. The van der Waals surface area contributed by atoms with Crippen LogP contribution in [-0.2, 0) is 14.4 Å². The molecule has 0 fully saturated rings. The first-order valence-corrected chi connectivity index (χ1v) is 13.6. The number of fused-ring (bicyclic) bond motifs is 1. The Morgan fingerprint density at radius 3 is 2.60 bits per heavy atom. The van der Waals surface area contributed by atoms with Gasteiger partial charge in [-0.2, -0.15) is 0 Å². The molecule has 2 aromatic carbocycles. The molecule has 1 heterocycles. The zero-order chi connectivity index (χ0) is 29.2. The van der Waals surface area contributed by atoms with Gasteiger partial charge in [0.1, 0.15) is 36.8 Å². The summed E-state index contributed by atoms with van der Waals surface area (Å²) in [5.74, 6) is -0.659. The Morgan fingerprint density at radius 2 is 1.85 bits per heavy atom. The van der Waals surface area contributed by atoms with Gasteiger partial charge in [-0.3, -0.25) is 19.2 Å². The van der Waals surface area contributed by atoms with Crippen molar-refractivity contribution >= 4 is 23.6 Å². The summed E-state index contributed by atoms with van der Waals surface area (Å²) >= 11 is 0. The molecule has 0 saturated heterocycles. The molecular weight excluding hydrogens is 512 g/mol. The van der Waals surface area contributed by atoms with Crippen molar-refractivity contribution < 1.29 is 28.7 Å². The summed E-state index contributed by atoms with van der Waals surface area (Å²) in [6, 6.07) is 10.4. The molecule has 0 aromatic heterocycles. The van der Waals surface area contributed by atoms with Crippen molar-refractivity contribution in [2.45, 2.75) is 52.6 Å². The van der Waals surface area contributed by atoms with Gasteiger partial charge in [0.25, 0.3) is 5.91 Å². The Kier molecular flexibility index (Phi) is 10.9. The van der Waals surface area contributed by atoms with Gasteiger partial charge in [-0.05, 0) is 55.5 Å². The van der Waals surface area contributed by atoms with Crippen LogP contribution in [0.5, 0.6) is 11.5 Å². The number of carbonyl (C=O) groups excluding carboxylic acids is 4. The van der Waals surface area contributed by atoms with E-state index in [4.69, 9.17) is 9.47 Å². The molecule has 0 spiro atoms. The molecule has 3 rings (SSSR count). The van der Waals surface area contributed by atoms with Gasteiger partial charge in [-0.1, -0.05) is 38.1 Å². The Morgan fingerprint density at radius 1 is 1.10 bits per heavy atom. The van der Waals surface area contributed by atoms with Gasteiger partial charge in [0.2, 0.25) is 17.7 Å². The highest BCUT2D eigenvalue weighted by molar-refractivity contribution is 6.01. The number of aryl methyl sites for hydroxylation is 1. The lowest BCUT2D eigenvalue weighted by Crippen LogP contribution is -2.53. The van der Waals surface area contributed by atoms with Gasteiger partial charge in [0.15, 0.2) is 0 Å². The molecule has 0 bridgehead atoms. The van der Waals surface area contributed by atoms with Crippen LogP contribution in [0.25, 0.3) is 0 Å². The summed E-state index contributed by atoms with van der Waals surface area (Å²) in [4.78, 5) is 54.1. The summed E-state index contributed by atoms with van der Waals surface area (Å²) in [6.07, 6.45) is 0.0849. The molecule has 1 aliphatic heterocycles. The molecule has 0 radical (unpaired) electrons. The van der Waals surface area contributed by atoms with Crippen LogP contribution in [0.15, 0.2) is 42.5 Å². The fraction of sp³-hybridized carbons (Fsp3) is 0.467. The van der Waals surface area contributed by atoms with Crippen LogP contribution in [0, 0.1) is 19.8 Å². The minimum Gasteiger partial charge on any atom is -0.491 e. The number of para-hydroxylation sites is 1. The summed E-state index contributed by atoms with van der Waals surface area (Å²) in [7, 11) is 1.65. The number of hydrogen-bond acceptors (Lipinski definition) is 6. The third-order valence-corrected chi connectivity index (χ3v) is 6.76. The van der Waals surface area contributed by atoms with Crippen molar-refractivity contribution in [3.63, 3.8) is 0 Å². The van der Waals surface area contributed by atoms with E-state index in [1.54, 1.807) is 31.3 Å². The molecule has 0 saturated carbocycles. The normalized spacial score (nSPS) is 18.6. The van der Waals surface area contributed by atoms with Crippen molar-refractivity contribution in [1.82, 2.24) is 20.9 Å². The number of hydrogen-bond donors (Lipinski definition) is 3. The molecule has 216 valence electrons. The predicted octanol–water partition coefficient (Wildman–Crippen LogP) is 2.37. The Bertz CT molecular complexity index is 1210. The number of likely N-dealkylation sites (N-methyl/N-ethyl adjacent to an activating group) is 1. The van der Waals surface area contributed by atoms with Crippen LogP contribution < -0.4 is 25.4 Å². The van der Waals surface area contributed by atoms with Crippen LogP contribution in [0.3, 0.4) is 0 Å². The molecular formula is C30H40N4O6. The topological polar surface area (TPSA) is 126 Å². The molecule has 2 aromatic rings. The van der Waals surface area contributed by atoms with E-state index in [-0.39, 0.29) is 50.1 Å². The second-order valence-corrected chi connectivity index (χ2v) is 10.4. The zero-order valence-corrected chi connectivity index (χ0v) is 23.9. The molecule has 40 heavy (non-hydrogen) atoms. The van der Waals surface area contributed by atoms with Crippen molar-refractivity contribution in [1.29, 1.82) is 0 Å². The highest BCUT2D eigenvalue weighted by Crippen LogP contribution is 2.21. The lowest BCUT2D eigenvalue weighted by atomic mass is 10.0. The van der Waals surface area contributed by atoms with E-state index < -0.39 is 29.8 Å². The molecule has 10 heteroatoms. The van der Waals surface area contributed by atoms with Gasteiger partial charge < -0.3 is 30.3 Å². The number of nitrogens with zero attached hydrogens (tertiary/aromatic N) is 1. The lowest BCUT2D eigenvalue weighted by Gasteiger charge is -2.27. The summed E-state index contributed by atoms with van der Waals surface area (Å²) in [5.41, 5.74) is 2.34. The maximum atomic E-state index is 13.2. The van der Waals surface area contributed by atoms with Gasteiger partial charge in [-0.15, -0.1) is 0 Å². The van der Waals surface area contributed by atoms with Crippen LogP contribution in [0.2, 0.25) is 0 Å². The smallest absolute Gasteiger partial charge is 0.255 e. The number of carbonyl (C=O) groups is 4. The van der Waals surface area contributed by atoms with Crippen molar-refractivity contribution in [2.24, 2.45) is 5.92 Å². The first-order valence-electron chi connectivity index (χ1n) is 13.6. The Labute approximate surface area is 235 Å². The highest BCUT2D eigenvalue weighted by atomic mass is 16.5. The Balaban J connectivity index is 1.77. The van der Waals surface area contributed by atoms with Crippen molar-refractivity contribution in [3.05, 3.63) is 59.2 Å². The first-order chi connectivity index (χ1) is 19.1. The maximum absolute atomic E-state index is 13.2. The van der Waals surface area contributed by atoms with E-state index in [0.717, 1.165) is 16.9 Å². The average Bonchev–Trinajstić information content (AvgIpc) is 2.91. The fourth-order valence-electron chi connectivity index (χ4n) is 4.36. The standard InChI is InChI=1S/C30H40N4O6/c1-19(2)17-24-30(38)34(5)14-16-40-26-11-7-6-10-22(26)28(36)33-23(18-27(35)32-24)29(37)31-13-15-39-25-12-8-9-20(3)21(25)4/h6-12,19,23-24H,13-18H2,1-5H3,(H,31,37)(H,32,35)(H,33,36)/t23-,24-/m0/s1. The number of amides is 4. The number of ether oxygens (including phenoxy) is 2. The van der Waals surface area contributed by atoms with Crippen LogP contribution in [-0.4, -0.2) is 74.0 Å². The van der Waals surface area contributed by atoms with E-state index >= 15 is 0 Å². The number of nitrogens with one attached hydrogen (secondary N) is 3. The van der Waals surface area contributed by atoms with Crippen LogP contribution in [0.1, 0.15) is 48.2 Å². The van der Waals surface area contributed by atoms with E-state index in [1.165, 1.54) is 4.90 Å². The molecule has 0 aliphatic carbocycles. The fourth-order valence-corrected chi connectivity index (χ4v) is 4.36. The van der Waals surface area contributed by atoms with Crippen molar-refractivity contribution in [3.8, 4) is 11.5 Å². The molecule has 4 amide bonds. The summed E-state index contributed by atoms with van der Waals surface area (Å²) in [5, 5.41) is 8.21. The van der Waals surface area contributed by atoms with Gasteiger partial charge in [0, 0.05) is 7.05 Å². The van der Waals surface area contributed by atoms with Crippen LogP contribution >= 0.6 is 0 Å². The number of benzene rings is 2. The Hall–Kier alpha value is -4.08. The van der Waals surface area contributed by atoms with E-state index in [9.17, 15) is 19.2 Å².